The first-order chi connectivity index (χ1) is 18.1. The highest BCUT2D eigenvalue weighted by molar-refractivity contribution is 8.32. The molecule has 2 rings (SSSR count). The fourth-order valence-corrected chi connectivity index (χ4v) is 5.83. The number of ether oxygens (including phenoxy) is 2. The first-order valence-electron chi connectivity index (χ1n) is 14.5. The SMILES string of the molecule is CCCCCCCCCCCCCCCCOCCC[P+]([S-])=COC(C)Cn1cnc2c(N)ncnc21. The maximum atomic E-state index is 5.88. The summed E-state index contributed by atoms with van der Waals surface area (Å²) in [6.07, 6.45) is 24.5. The Morgan fingerprint density at radius 1 is 0.892 bits per heavy atom. The molecule has 2 heterocycles. The molecule has 0 aliphatic carbocycles. The molecule has 0 aromatic carbocycles. The van der Waals surface area contributed by atoms with E-state index >= 15 is 0 Å². The lowest BCUT2D eigenvalue weighted by atomic mass is 10.0. The highest BCUT2D eigenvalue weighted by Gasteiger charge is 2.11. The number of nitrogen functional groups attached to an aromatic ring is 1. The van der Waals surface area contributed by atoms with Gasteiger partial charge in [-0.2, -0.15) is 0 Å². The van der Waals surface area contributed by atoms with Crippen molar-refractivity contribution >= 4 is 42.0 Å². The third-order valence-electron chi connectivity index (χ3n) is 6.60. The maximum Gasteiger partial charge on any atom is 0.189 e. The number of rotatable bonds is 23. The molecule has 0 saturated carbocycles. The van der Waals surface area contributed by atoms with E-state index in [0.717, 1.165) is 31.4 Å². The molecule has 2 atom stereocenters. The lowest BCUT2D eigenvalue weighted by Crippen LogP contribution is -2.15. The van der Waals surface area contributed by atoms with E-state index in [-0.39, 0.29) is 6.10 Å². The van der Waals surface area contributed by atoms with Crippen molar-refractivity contribution in [2.24, 2.45) is 0 Å². The van der Waals surface area contributed by atoms with E-state index in [1.165, 1.54) is 96.2 Å². The molecule has 0 bridgehead atoms. The van der Waals surface area contributed by atoms with Crippen LogP contribution in [0.25, 0.3) is 11.2 Å². The molecule has 7 nitrogen and oxygen atoms in total. The largest absolute Gasteiger partial charge is 0.491 e. The average Bonchev–Trinajstić information content (AvgIpc) is 3.30. The fraction of sp³-hybridized carbons (Fsp3) is 0.786. The summed E-state index contributed by atoms with van der Waals surface area (Å²) in [7, 11) is 0. The van der Waals surface area contributed by atoms with Crippen LogP contribution in [0.4, 0.5) is 5.82 Å². The molecule has 210 valence electrons. The quantitative estimate of drug-likeness (QED) is 0.0874. The van der Waals surface area contributed by atoms with E-state index in [1.54, 1.807) is 6.33 Å². The van der Waals surface area contributed by atoms with E-state index < -0.39 is 6.75 Å². The van der Waals surface area contributed by atoms with Gasteiger partial charge >= 0.3 is 0 Å². The Kier molecular flexibility index (Phi) is 17.9. The van der Waals surface area contributed by atoms with Crippen molar-refractivity contribution in [1.29, 1.82) is 0 Å². The van der Waals surface area contributed by atoms with Gasteiger partial charge in [-0.1, -0.05) is 90.4 Å². The first kappa shape index (κ1) is 32.0. The second-order valence-electron chi connectivity index (χ2n) is 10.1. The van der Waals surface area contributed by atoms with E-state index in [2.05, 4.69) is 21.9 Å². The Hall–Kier alpha value is -1.21. The predicted molar refractivity (Wildman–Crippen MR) is 161 cm³/mol. The van der Waals surface area contributed by atoms with Gasteiger partial charge in [0.25, 0.3) is 0 Å². The molecule has 0 fully saturated rings. The molecule has 0 aliphatic rings. The number of hydrogen-bond acceptors (Lipinski definition) is 7. The Balaban J connectivity index is 1.38. The van der Waals surface area contributed by atoms with Crippen LogP contribution in [0.15, 0.2) is 12.7 Å². The summed E-state index contributed by atoms with van der Waals surface area (Å²) in [6, 6.07) is 0. The minimum absolute atomic E-state index is 0.0295. The monoisotopic (exact) mass is 551 g/mol. The minimum atomic E-state index is -0.675. The highest BCUT2D eigenvalue weighted by Crippen LogP contribution is 2.20. The molecule has 0 saturated heterocycles. The number of imidazole rings is 1. The zero-order valence-electron chi connectivity index (χ0n) is 23.3. The van der Waals surface area contributed by atoms with Gasteiger partial charge in [-0.3, -0.25) is 0 Å². The minimum Gasteiger partial charge on any atom is -0.491 e. The molecule has 0 amide bonds. The Bertz CT molecular complexity index is 879. The van der Waals surface area contributed by atoms with E-state index in [0.29, 0.717) is 17.9 Å². The van der Waals surface area contributed by atoms with Gasteiger partial charge in [0.1, 0.15) is 11.8 Å². The van der Waals surface area contributed by atoms with Gasteiger partial charge in [-0.05, 0) is 20.1 Å². The fourth-order valence-electron chi connectivity index (χ4n) is 4.40. The third-order valence-corrected chi connectivity index (χ3v) is 8.52. The summed E-state index contributed by atoms with van der Waals surface area (Å²) in [5, 5.41) is 0. The summed E-state index contributed by atoms with van der Waals surface area (Å²) in [5.41, 5.74) is 7.20. The van der Waals surface area contributed by atoms with Crippen LogP contribution in [0.1, 0.15) is 110 Å². The molecule has 0 aliphatic heterocycles. The highest BCUT2D eigenvalue weighted by atomic mass is 32.7. The standard InChI is InChI=1S/C28H50N5O2PS/c1-3-4-5-6-7-8-9-10-11-12-13-14-15-16-18-34-19-17-20-36(37)24-35-25(2)21-33-23-32-26-27(29)30-22-31-28(26)33/h22-25H,3-21H2,1-2H3,(H2,29,30,31). The summed E-state index contributed by atoms with van der Waals surface area (Å²) < 4.78 is 13.6. The second-order valence-corrected chi connectivity index (χ2v) is 13.0. The van der Waals surface area contributed by atoms with Gasteiger partial charge in [0.05, 0.1) is 31.7 Å². The van der Waals surface area contributed by atoms with Crippen LogP contribution in [0.5, 0.6) is 0 Å². The molecule has 2 N–H and O–H groups in total. The molecule has 2 aromatic rings. The Morgan fingerprint density at radius 3 is 2.14 bits per heavy atom. The van der Waals surface area contributed by atoms with Crippen molar-refractivity contribution in [3.63, 3.8) is 0 Å². The van der Waals surface area contributed by atoms with E-state index in [9.17, 15) is 0 Å². The molecular formula is C28H50N5O2PS. The molecule has 37 heavy (non-hydrogen) atoms. The lowest BCUT2D eigenvalue weighted by molar-refractivity contribution is 0.131. The average molecular weight is 552 g/mol. The number of nitrogens with two attached hydrogens (primary N) is 1. The van der Waals surface area contributed by atoms with Gasteiger partial charge in [-0.15, -0.1) is 0 Å². The summed E-state index contributed by atoms with van der Waals surface area (Å²) >= 11 is 5.58. The van der Waals surface area contributed by atoms with Crippen molar-refractivity contribution in [3.8, 4) is 0 Å². The van der Waals surface area contributed by atoms with Gasteiger partial charge in [0, 0.05) is 13.0 Å². The lowest BCUT2D eigenvalue weighted by Gasteiger charge is -2.10. The topological polar surface area (TPSA) is 88.1 Å². The van der Waals surface area contributed by atoms with Crippen molar-refractivity contribution in [2.75, 3.05) is 25.1 Å². The maximum absolute atomic E-state index is 5.88. The van der Waals surface area contributed by atoms with Crippen molar-refractivity contribution < 1.29 is 9.47 Å². The molecule has 2 aromatic heterocycles. The van der Waals surface area contributed by atoms with Crippen LogP contribution in [0, 0.1) is 0 Å². The number of hydrogen-bond donors (Lipinski definition) is 1. The summed E-state index contributed by atoms with van der Waals surface area (Å²) in [6.45, 7) is 5.92. The zero-order chi connectivity index (χ0) is 26.6. The van der Waals surface area contributed by atoms with E-state index in [4.69, 9.17) is 27.5 Å². The number of fused-ring (bicyclic) bond motifs is 1. The third kappa shape index (κ3) is 14.5. The van der Waals surface area contributed by atoms with Crippen LogP contribution in [-0.4, -0.2) is 51.0 Å². The van der Waals surface area contributed by atoms with Gasteiger partial charge in [0.15, 0.2) is 17.4 Å². The normalized spacial score (nSPS) is 13.0. The molecule has 9 heteroatoms. The van der Waals surface area contributed by atoms with Gasteiger partial charge in [-0.25, -0.2) is 15.0 Å². The smallest absolute Gasteiger partial charge is 0.189 e. The van der Waals surface area contributed by atoms with Crippen molar-refractivity contribution in [1.82, 2.24) is 19.5 Å². The molecular weight excluding hydrogens is 501 g/mol. The van der Waals surface area contributed by atoms with Crippen molar-refractivity contribution in [3.05, 3.63) is 12.7 Å². The molecule has 0 spiro atoms. The van der Waals surface area contributed by atoms with Crippen LogP contribution in [-0.2, 0) is 28.3 Å². The molecule has 0 radical (unpaired) electrons. The first-order valence-corrected chi connectivity index (χ1v) is 17.1. The van der Waals surface area contributed by atoms with Crippen LogP contribution >= 0.6 is 6.75 Å². The Morgan fingerprint density at radius 2 is 1.49 bits per heavy atom. The molecule has 2 unspecified atom stereocenters. The van der Waals surface area contributed by atoms with E-state index in [1.807, 2.05) is 17.5 Å². The second kappa shape index (κ2) is 20.7. The van der Waals surface area contributed by atoms with Gasteiger partial charge < -0.3 is 32.0 Å². The number of unbranched alkanes of at least 4 members (excludes halogenated alkanes) is 13. The van der Waals surface area contributed by atoms with Crippen LogP contribution < -0.4 is 5.73 Å². The summed E-state index contributed by atoms with van der Waals surface area (Å²) in [5.74, 6) is 2.23. The van der Waals surface area contributed by atoms with Crippen LogP contribution in [0.2, 0.25) is 0 Å². The number of nitrogens with zero attached hydrogens (tertiary/aromatic N) is 4. The predicted octanol–water partition coefficient (Wildman–Crippen LogP) is 7.41. The van der Waals surface area contributed by atoms with Crippen molar-refractivity contribution in [2.45, 2.75) is 123 Å². The number of aromatic nitrogens is 4. The Labute approximate surface area is 231 Å². The zero-order valence-corrected chi connectivity index (χ0v) is 25.0. The number of anilines is 1. The van der Waals surface area contributed by atoms with Crippen LogP contribution in [0.3, 0.4) is 0 Å². The van der Waals surface area contributed by atoms with Gasteiger partial charge in [0.2, 0.25) is 0 Å². The summed E-state index contributed by atoms with van der Waals surface area (Å²) in [4.78, 5) is 12.5.